The number of aldehydes is 1. The number of hydrogen-bond donors (Lipinski definition) is 0. The molecule has 0 bridgehead atoms. The predicted octanol–water partition coefficient (Wildman–Crippen LogP) is 2.88. The minimum absolute atomic E-state index is 0.0663. The van der Waals surface area contributed by atoms with Crippen LogP contribution in [0, 0.1) is 0 Å². The van der Waals surface area contributed by atoms with Crippen molar-refractivity contribution in [2.45, 2.75) is 0 Å². The van der Waals surface area contributed by atoms with Crippen LogP contribution in [0.1, 0.15) is 20.9 Å². The van der Waals surface area contributed by atoms with E-state index >= 15 is 0 Å². The molecule has 1 aromatic heterocycles. The maximum atomic E-state index is 12.5. The summed E-state index contributed by atoms with van der Waals surface area (Å²) >= 11 is 6.18. The maximum absolute atomic E-state index is 12.5. The Labute approximate surface area is 132 Å². The molecule has 22 heavy (non-hydrogen) atoms. The SMILES string of the molecule is O=Cc1ccc(-c2cc(C(=O)N3CCOCC3)ccc2Cl)o1. The van der Waals surface area contributed by atoms with Gasteiger partial charge in [0, 0.05) is 24.2 Å². The monoisotopic (exact) mass is 319 g/mol. The van der Waals surface area contributed by atoms with Gasteiger partial charge < -0.3 is 14.1 Å². The third kappa shape index (κ3) is 2.91. The summed E-state index contributed by atoms with van der Waals surface area (Å²) in [5.41, 5.74) is 1.12. The topological polar surface area (TPSA) is 59.8 Å². The van der Waals surface area contributed by atoms with Crippen molar-refractivity contribution in [3.63, 3.8) is 0 Å². The van der Waals surface area contributed by atoms with Gasteiger partial charge in [-0.2, -0.15) is 0 Å². The molecule has 0 atom stereocenters. The number of furan rings is 1. The number of halogens is 1. The number of carbonyl (C=O) groups is 2. The van der Waals surface area contributed by atoms with Crippen LogP contribution in [0.2, 0.25) is 5.02 Å². The first-order valence-electron chi connectivity index (χ1n) is 6.91. The Morgan fingerprint density at radius 2 is 1.95 bits per heavy atom. The average molecular weight is 320 g/mol. The summed E-state index contributed by atoms with van der Waals surface area (Å²) in [6.07, 6.45) is 0.625. The molecule has 0 radical (unpaired) electrons. The van der Waals surface area contributed by atoms with E-state index in [1.165, 1.54) is 0 Å². The van der Waals surface area contributed by atoms with E-state index < -0.39 is 0 Å². The van der Waals surface area contributed by atoms with Crippen molar-refractivity contribution >= 4 is 23.8 Å². The molecule has 5 nitrogen and oxygen atoms in total. The highest BCUT2D eigenvalue weighted by atomic mass is 35.5. The molecular weight excluding hydrogens is 306 g/mol. The van der Waals surface area contributed by atoms with Crippen LogP contribution >= 0.6 is 11.6 Å². The number of rotatable bonds is 3. The Morgan fingerprint density at radius 1 is 1.18 bits per heavy atom. The molecule has 6 heteroatoms. The summed E-state index contributed by atoms with van der Waals surface area (Å²) < 4.78 is 10.6. The Kier molecular flexibility index (Phi) is 4.27. The Bertz CT molecular complexity index is 704. The first-order chi connectivity index (χ1) is 10.7. The van der Waals surface area contributed by atoms with Crippen LogP contribution in [-0.4, -0.2) is 43.4 Å². The van der Waals surface area contributed by atoms with E-state index in [0.717, 1.165) is 0 Å². The van der Waals surface area contributed by atoms with Crippen molar-refractivity contribution in [2.24, 2.45) is 0 Å². The number of amides is 1. The van der Waals surface area contributed by atoms with Gasteiger partial charge in [-0.1, -0.05) is 11.6 Å². The van der Waals surface area contributed by atoms with Gasteiger partial charge in [-0.3, -0.25) is 9.59 Å². The van der Waals surface area contributed by atoms with Crippen molar-refractivity contribution < 1.29 is 18.7 Å². The Morgan fingerprint density at radius 3 is 2.64 bits per heavy atom. The molecule has 1 fully saturated rings. The minimum atomic E-state index is -0.0663. The van der Waals surface area contributed by atoms with E-state index in [1.807, 2.05) is 0 Å². The van der Waals surface area contributed by atoms with Crippen LogP contribution in [-0.2, 0) is 4.74 Å². The van der Waals surface area contributed by atoms with E-state index in [4.69, 9.17) is 20.8 Å². The number of hydrogen-bond acceptors (Lipinski definition) is 4. The molecular formula is C16H14ClNO4. The largest absolute Gasteiger partial charge is 0.453 e. The standard InChI is InChI=1S/C16H14ClNO4/c17-14-3-1-11(16(20)18-5-7-21-8-6-18)9-13(14)15-4-2-12(10-19)22-15/h1-4,9-10H,5-8H2. The number of morpholine rings is 1. The van der Waals surface area contributed by atoms with E-state index in [9.17, 15) is 9.59 Å². The van der Waals surface area contributed by atoms with Gasteiger partial charge in [-0.25, -0.2) is 0 Å². The summed E-state index contributed by atoms with van der Waals surface area (Å²) in [7, 11) is 0. The highest BCUT2D eigenvalue weighted by Gasteiger charge is 2.20. The highest BCUT2D eigenvalue weighted by Crippen LogP contribution is 2.30. The fourth-order valence-corrected chi connectivity index (χ4v) is 2.57. The second-order valence-corrected chi connectivity index (χ2v) is 5.33. The molecule has 1 amide bonds. The first kappa shape index (κ1) is 14.8. The molecule has 0 spiro atoms. The zero-order valence-corrected chi connectivity index (χ0v) is 12.5. The van der Waals surface area contributed by atoms with Crippen molar-refractivity contribution in [3.8, 4) is 11.3 Å². The van der Waals surface area contributed by atoms with Crippen LogP contribution in [0.5, 0.6) is 0 Å². The Balaban J connectivity index is 1.91. The van der Waals surface area contributed by atoms with Gasteiger partial charge in [0.05, 0.1) is 18.2 Å². The van der Waals surface area contributed by atoms with Gasteiger partial charge in [0.1, 0.15) is 5.76 Å². The molecule has 1 aromatic carbocycles. The second kappa shape index (κ2) is 6.34. The fourth-order valence-electron chi connectivity index (χ4n) is 2.36. The van der Waals surface area contributed by atoms with Crippen molar-refractivity contribution in [1.82, 2.24) is 4.90 Å². The lowest BCUT2D eigenvalue weighted by Crippen LogP contribution is -2.40. The third-order valence-corrected chi connectivity index (χ3v) is 3.85. The molecule has 0 aliphatic carbocycles. The zero-order chi connectivity index (χ0) is 15.5. The van der Waals surface area contributed by atoms with Crippen molar-refractivity contribution in [3.05, 3.63) is 46.7 Å². The lowest BCUT2D eigenvalue weighted by atomic mass is 10.1. The normalized spacial score (nSPS) is 14.9. The molecule has 1 aliphatic rings. The summed E-state index contributed by atoms with van der Waals surface area (Å²) in [6.45, 7) is 2.25. The summed E-state index contributed by atoms with van der Waals surface area (Å²) in [6, 6.07) is 8.26. The van der Waals surface area contributed by atoms with E-state index in [-0.39, 0.29) is 11.7 Å². The van der Waals surface area contributed by atoms with Gasteiger partial charge in [0.15, 0.2) is 12.0 Å². The first-order valence-corrected chi connectivity index (χ1v) is 7.29. The minimum Gasteiger partial charge on any atom is -0.453 e. The summed E-state index contributed by atoms with van der Waals surface area (Å²) in [5.74, 6) is 0.614. The molecule has 3 rings (SSSR count). The number of nitrogens with zero attached hydrogens (tertiary/aromatic N) is 1. The van der Waals surface area contributed by atoms with Gasteiger partial charge in [0.25, 0.3) is 5.91 Å². The van der Waals surface area contributed by atoms with Crippen LogP contribution in [0.4, 0.5) is 0 Å². The van der Waals surface area contributed by atoms with Crippen LogP contribution < -0.4 is 0 Å². The Hall–Kier alpha value is -2.11. The van der Waals surface area contributed by atoms with E-state index in [0.29, 0.717) is 54.5 Å². The highest BCUT2D eigenvalue weighted by molar-refractivity contribution is 6.33. The smallest absolute Gasteiger partial charge is 0.254 e. The molecule has 114 valence electrons. The molecule has 0 saturated carbocycles. The van der Waals surface area contributed by atoms with Gasteiger partial charge >= 0.3 is 0 Å². The van der Waals surface area contributed by atoms with Crippen molar-refractivity contribution in [2.75, 3.05) is 26.3 Å². The number of carbonyl (C=O) groups excluding carboxylic acids is 2. The number of benzene rings is 1. The van der Waals surface area contributed by atoms with Gasteiger partial charge in [-0.15, -0.1) is 0 Å². The zero-order valence-electron chi connectivity index (χ0n) is 11.8. The van der Waals surface area contributed by atoms with E-state index in [2.05, 4.69) is 0 Å². The summed E-state index contributed by atoms with van der Waals surface area (Å²) in [4.78, 5) is 25.0. The van der Waals surface area contributed by atoms with Gasteiger partial charge in [-0.05, 0) is 30.3 Å². The molecule has 1 saturated heterocycles. The summed E-state index contributed by atoms with van der Waals surface area (Å²) in [5, 5.41) is 0.463. The van der Waals surface area contributed by atoms with Gasteiger partial charge in [0.2, 0.25) is 0 Å². The molecule has 2 aromatic rings. The van der Waals surface area contributed by atoms with Crippen LogP contribution in [0.15, 0.2) is 34.7 Å². The van der Waals surface area contributed by atoms with Crippen molar-refractivity contribution in [1.29, 1.82) is 0 Å². The molecule has 0 N–H and O–H groups in total. The molecule has 1 aliphatic heterocycles. The average Bonchev–Trinajstić information content (AvgIpc) is 3.04. The lowest BCUT2D eigenvalue weighted by molar-refractivity contribution is 0.0303. The molecule has 0 unspecified atom stereocenters. The third-order valence-electron chi connectivity index (χ3n) is 3.52. The second-order valence-electron chi connectivity index (χ2n) is 4.92. The van der Waals surface area contributed by atoms with E-state index in [1.54, 1.807) is 35.2 Å². The lowest BCUT2D eigenvalue weighted by Gasteiger charge is -2.27. The maximum Gasteiger partial charge on any atom is 0.254 e. The molecule has 2 heterocycles. The number of ether oxygens (including phenoxy) is 1. The fraction of sp³-hybridized carbons (Fsp3) is 0.250. The van der Waals surface area contributed by atoms with Crippen LogP contribution in [0.3, 0.4) is 0 Å². The predicted molar refractivity (Wildman–Crippen MR) is 81.3 cm³/mol. The quantitative estimate of drug-likeness (QED) is 0.816. The van der Waals surface area contributed by atoms with Crippen LogP contribution in [0.25, 0.3) is 11.3 Å².